The molecule has 4 amide bonds. The number of benzene rings is 2. The van der Waals surface area contributed by atoms with Crippen molar-refractivity contribution < 1.29 is 28.7 Å². The molecule has 0 bridgehead atoms. The summed E-state index contributed by atoms with van der Waals surface area (Å²) in [5, 5.41) is 11.6. The number of hydrogen-bond donors (Lipinski definition) is 3. The largest absolute Gasteiger partial charge is 0.493 e. The summed E-state index contributed by atoms with van der Waals surface area (Å²) in [6.07, 6.45) is 10.7. The van der Waals surface area contributed by atoms with E-state index in [0.29, 0.717) is 55.4 Å². The number of unbranched alkanes of at least 4 members (excludes halogenated alkanes) is 8. The number of imide groups is 1. The molecule has 1 saturated heterocycles. The number of aryl methyl sites for hydroxylation is 1. The van der Waals surface area contributed by atoms with Crippen molar-refractivity contribution in [2.75, 3.05) is 19.0 Å². The van der Waals surface area contributed by atoms with Crippen molar-refractivity contribution in [2.24, 2.45) is 0 Å². The normalized spacial score (nSPS) is 15.8. The molecule has 0 saturated carbocycles. The monoisotopic (exact) mass is 846 g/mol. The first kappa shape index (κ1) is 41.1. The average Bonchev–Trinajstić information content (AvgIpc) is 3.73. The number of nitrogens with one attached hydrogen (secondary N) is 3. The van der Waals surface area contributed by atoms with Crippen LogP contribution < -0.4 is 25.4 Å². The molecule has 2 aliphatic rings. The van der Waals surface area contributed by atoms with Crippen molar-refractivity contribution in [1.29, 1.82) is 0 Å². The van der Waals surface area contributed by atoms with E-state index < -0.39 is 11.9 Å². The minimum Gasteiger partial charge on any atom is -0.493 e. The van der Waals surface area contributed by atoms with E-state index >= 15 is 0 Å². The van der Waals surface area contributed by atoms with Crippen molar-refractivity contribution in [3.05, 3.63) is 73.6 Å². The number of nitrogens with zero attached hydrogens (tertiary/aromatic N) is 3. The Morgan fingerprint density at radius 2 is 1.77 bits per heavy atom. The number of thiophene rings is 1. The minimum absolute atomic E-state index is 0.00860. The summed E-state index contributed by atoms with van der Waals surface area (Å²) in [6, 6.07) is 11.5. The highest BCUT2D eigenvalue weighted by molar-refractivity contribution is 9.10. The Kier molecular flexibility index (Phi) is 14.3. The lowest BCUT2D eigenvalue weighted by molar-refractivity contribution is -0.137. The third kappa shape index (κ3) is 10.4. The maximum atomic E-state index is 12.9. The first-order chi connectivity index (χ1) is 27.1. The summed E-state index contributed by atoms with van der Waals surface area (Å²) >= 11 is 5.02. The summed E-state index contributed by atoms with van der Waals surface area (Å²) in [5.74, 6) is 1.88. The molecule has 2 unspecified atom stereocenters. The van der Waals surface area contributed by atoms with Crippen molar-refractivity contribution in [1.82, 2.24) is 25.5 Å². The Hall–Kier alpha value is -4.56. The molecule has 56 heavy (non-hydrogen) atoms. The van der Waals surface area contributed by atoms with Gasteiger partial charge in [0.25, 0.3) is 5.91 Å². The van der Waals surface area contributed by atoms with Crippen LogP contribution in [0.4, 0.5) is 5.82 Å². The number of hydrogen-bond acceptors (Lipinski definition) is 10. The Balaban J connectivity index is 0.828. The van der Waals surface area contributed by atoms with E-state index in [1.54, 1.807) is 17.4 Å². The summed E-state index contributed by atoms with van der Waals surface area (Å²) in [6.45, 7) is 5.31. The second-order valence-corrected chi connectivity index (χ2v) is 16.4. The summed E-state index contributed by atoms with van der Waals surface area (Å²) in [7, 11) is 1.65. The van der Waals surface area contributed by atoms with Gasteiger partial charge in [-0.25, -0.2) is 9.97 Å². The number of methoxy groups -OCH3 is 1. The smallest absolute Gasteiger partial charge is 0.256 e. The van der Waals surface area contributed by atoms with Gasteiger partial charge >= 0.3 is 0 Å². The molecular weight excluding hydrogens is 796 g/mol. The standard InChI is InChI=1S/C42H51BrN6O6S/c1-26(28-14-13-15-29(43)20-28)45-40-30-21-35(54-3)36(22-33(30)46-27(2)47-40)55-19-12-10-8-6-4-5-7-9-11-16-38(50)44-23-37-31-24-49(42(53)32(31)25-56-37)34-17-18-39(51)48-41(34)52/h13-15,20-22,25-26,34H,4-12,16-19,23-24H2,1-3H3,(H,44,50)(H,45,46,47)(H,48,51,52). The van der Waals surface area contributed by atoms with Crippen LogP contribution >= 0.6 is 27.3 Å². The van der Waals surface area contributed by atoms with Gasteiger partial charge in [-0.1, -0.05) is 73.0 Å². The highest BCUT2D eigenvalue weighted by atomic mass is 79.9. The van der Waals surface area contributed by atoms with Gasteiger partial charge in [0.05, 0.1) is 37.4 Å². The van der Waals surface area contributed by atoms with Crippen molar-refractivity contribution in [3.63, 3.8) is 0 Å². The highest BCUT2D eigenvalue weighted by Gasteiger charge is 2.40. The Morgan fingerprint density at radius 3 is 2.50 bits per heavy atom. The third-order valence-corrected chi connectivity index (χ3v) is 12.0. The van der Waals surface area contributed by atoms with Crippen molar-refractivity contribution in [2.45, 2.75) is 116 Å². The maximum absolute atomic E-state index is 12.9. The zero-order chi connectivity index (χ0) is 39.6. The van der Waals surface area contributed by atoms with Crippen LogP contribution in [0, 0.1) is 6.92 Å². The molecule has 3 N–H and O–H groups in total. The highest BCUT2D eigenvalue weighted by Crippen LogP contribution is 2.36. The van der Waals surface area contributed by atoms with E-state index in [1.807, 2.05) is 31.2 Å². The van der Waals surface area contributed by atoms with Gasteiger partial charge in [-0.3, -0.25) is 24.5 Å². The first-order valence-electron chi connectivity index (χ1n) is 19.6. The second-order valence-electron chi connectivity index (χ2n) is 14.6. The van der Waals surface area contributed by atoms with Crippen LogP contribution in [-0.2, 0) is 27.5 Å². The third-order valence-electron chi connectivity index (χ3n) is 10.4. The molecule has 0 aliphatic carbocycles. The number of carbonyl (C=O) groups excluding carboxylic acids is 4. The molecule has 0 spiro atoms. The van der Waals surface area contributed by atoms with Crippen LogP contribution in [0.3, 0.4) is 0 Å². The number of aromatic nitrogens is 2. The minimum atomic E-state index is -0.635. The topological polar surface area (TPSA) is 152 Å². The number of fused-ring (bicyclic) bond motifs is 2. The Bertz CT molecular complexity index is 2060. The number of halogens is 1. The lowest BCUT2D eigenvalue weighted by atomic mass is 10.0. The van der Waals surface area contributed by atoms with Crippen LogP contribution in [0.5, 0.6) is 11.5 Å². The van der Waals surface area contributed by atoms with Gasteiger partial charge in [-0.15, -0.1) is 11.3 Å². The van der Waals surface area contributed by atoms with Crippen molar-refractivity contribution in [3.8, 4) is 11.5 Å². The van der Waals surface area contributed by atoms with Gasteiger partial charge in [-0.05, 0) is 62.4 Å². The lowest BCUT2D eigenvalue weighted by Gasteiger charge is -2.29. The predicted octanol–water partition coefficient (Wildman–Crippen LogP) is 8.30. The quantitative estimate of drug-likeness (QED) is 0.0590. The number of piperidine rings is 1. The lowest BCUT2D eigenvalue weighted by Crippen LogP contribution is -2.52. The molecule has 12 nitrogen and oxygen atoms in total. The molecule has 4 heterocycles. The predicted molar refractivity (Wildman–Crippen MR) is 221 cm³/mol. The van der Waals surface area contributed by atoms with Gasteiger partial charge in [0, 0.05) is 45.6 Å². The van der Waals surface area contributed by atoms with Gasteiger partial charge in [0.15, 0.2) is 11.5 Å². The fraction of sp³-hybridized carbons (Fsp3) is 0.476. The van der Waals surface area contributed by atoms with Crippen LogP contribution in [0.25, 0.3) is 10.9 Å². The molecule has 1 fully saturated rings. The van der Waals surface area contributed by atoms with Gasteiger partial charge in [0.1, 0.15) is 17.7 Å². The van der Waals surface area contributed by atoms with Gasteiger partial charge in [-0.2, -0.15) is 0 Å². The summed E-state index contributed by atoms with van der Waals surface area (Å²) < 4.78 is 12.9. The second kappa shape index (κ2) is 19.5. The number of anilines is 1. The van der Waals surface area contributed by atoms with E-state index in [9.17, 15) is 19.2 Å². The van der Waals surface area contributed by atoms with E-state index in [-0.39, 0.29) is 30.2 Å². The van der Waals surface area contributed by atoms with Crippen LogP contribution in [0.1, 0.15) is 122 Å². The molecule has 2 atom stereocenters. The molecular formula is C42H51BrN6O6S. The maximum Gasteiger partial charge on any atom is 0.256 e. The molecule has 298 valence electrons. The van der Waals surface area contributed by atoms with Gasteiger partial charge < -0.3 is 25.0 Å². The molecule has 2 aromatic carbocycles. The summed E-state index contributed by atoms with van der Waals surface area (Å²) in [4.78, 5) is 61.2. The van der Waals surface area contributed by atoms with Crippen LogP contribution in [0.15, 0.2) is 46.3 Å². The fourth-order valence-corrected chi connectivity index (χ4v) is 8.72. The molecule has 6 rings (SSSR count). The molecule has 2 aliphatic heterocycles. The first-order valence-corrected chi connectivity index (χ1v) is 21.3. The Morgan fingerprint density at radius 1 is 1.02 bits per heavy atom. The van der Waals surface area contributed by atoms with E-state index in [0.717, 1.165) is 82.1 Å². The molecule has 0 radical (unpaired) electrons. The zero-order valence-electron chi connectivity index (χ0n) is 32.4. The number of ether oxygens (including phenoxy) is 2. The van der Waals surface area contributed by atoms with Crippen molar-refractivity contribution >= 4 is 67.6 Å². The number of rotatable bonds is 20. The number of amides is 4. The van der Waals surface area contributed by atoms with E-state index in [4.69, 9.17) is 14.5 Å². The summed E-state index contributed by atoms with van der Waals surface area (Å²) in [5.41, 5.74) is 3.42. The van der Waals surface area contributed by atoms with Crippen LogP contribution in [0.2, 0.25) is 0 Å². The SMILES string of the molecule is COc1cc2c(NC(C)c3cccc(Br)c3)nc(C)nc2cc1OCCCCCCCCCCCC(=O)NCc1scc2c1CN(C1CCC(=O)NC1=O)C2=O. The fourth-order valence-electron chi connectivity index (χ4n) is 7.33. The molecule has 14 heteroatoms. The Labute approximate surface area is 340 Å². The molecule has 4 aromatic rings. The zero-order valence-corrected chi connectivity index (χ0v) is 34.8. The average molecular weight is 848 g/mol. The molecule has 2 aromatic heterocycles. The van der Waals surface area contributed by atoms with Gasteiger partial charge in [0.2, 0.25) is 17.7 Å². The van der Waals surface area contributed by atoms with E-state index in [2.05, 4.69) is 55.9 Å². The number of carbonyl (C=O) groups is 4. The van der Waals surface area contributed by atoms with E-state index in [1.165, 1.54) is 24.2 Å². The van der Waals surface area contributed by atoms with Crippen LogP contribution in [-0.4, -0.2) is 58.3 Å².